The van der Waals surface area contributed by atoms with Crippen LogP contribution >= 0.6 is 11.6 Å². The second-order valence-electron chi connectivity index (χ2n) is 6.26. The molecular weight excluding hydrogens is 428 g/mol. The van der Waals surface area contributed by atoms with Crippen molar-refractivity contribution in [2.45, 2.75) is 6.18 Å². The highest BCUT2D eigenvalue weighted by Crippen LogP contribution is 2.36. The van der Waals surface area contributed by atoms with Gasteiger partial charge in [0.2, 0.25) is 0 Å². The Hall–Kier alpha value is -3.40. The Bertz CT molecular complexity index is 1310. The van der Waals surface area contributed by atoms with Gasteiger partial charge >= 0.3 is 12.2 Å². The molecule has 0 unspecified atom stereocenters. The minimum Gasteiger partial charge on any atom is -0.422 e. The molecule has 0 radical (unpaired) electrons. The molecule has 0 bridgehead atoms. The molecule has 0 aliphatic heterocycles. The van der Waals surface area contributed by atoms with Crippen molar-refractivity contribution in [2.24, 2.45) is 7.05 Å². The Morgan fingerprint density at radius 1 is 1.10 bits per heavy atom. The van der Waals surface area contributed by atoms with E-state index in [-0.39, 0.29) is 16.9 Å². The van der Waals surface area contributed by atoms with Crippen LogP contribution in [0.25, 0.3) is 16.9 Å². The lowest BCUT2D eigenvalue weighted by atomic mass is 10.2. The fraction of sp³-hybridized carbons (Fsp3) is 0.105. The molecule has 0 aliphatic rings. The molecule has 0 spiro atoms. The standard InChI is InChI=1S/C19H11ClF4N4O2/c1-27-9-25-15-16(27)26-18(28(17(15)29)11-7-5-10(20)6-8-11)30-13-4-2-3-12(14(13)21)19(22,23)24/h2-9H,1H3. The zero-order chi connectivity index (χ0) is 21.6. The lowest BCUT2D eigenvalue weighted by Crippen LogP contribution is -2.22. The van der Waals surface area contributed by atoms with Gasteiger partial charge in [-0.25, -0.2) is 13.9 Å². The van der Waals surface area contributed by atoms with Gasteiger partial charge in [0.05, 0.1) is 17.6 Å². The summed E-state index contributed by atoms with van der Waals surface area (Å²) in [6, 6.07) is 8.13. The first-order valence-corrected chi connectivity index (χ1v) is 8.78. The van der Waals surface area contributed by atoms with Crippen molar-refractivity contribution in [3.05, 3.63) is 75.5 Å². The minimum absolute atomic E-state index is 0.00399. The third kappa shape index (κ3) is 3.39. The van der Waals surface area contributed by atoms with E-state index in [2.05, 4.69) is 9.97 Å². The normalized spacial score (nSPS) is 11.8. The number of hydrogen-bond acceptors (Lipinski definition) is 4. The number of benzene rings is 2. The van der Waals surface area contributed by atoms with Crippen LogP contribution in [0.15, 0.2) is 53.6 Å². The SMILES string of the molecule is Cn1cnc2c(=O)n(-c3ccc(Cl)cc3)c(Oc3cccc(C(F)(F)F)c3F)nc21. The Morgan fingerprint density at radius 2 is 1.80 bits per heavy atom. The Balaban J connectivity index is 1.95. The number of halogens is 5. The van der Waals surface area contributed by atoms with Gasteiger partial charge in [0, 0.05) is 12.1 Å². The fourth-order valence-electron chi connectivity index (χ4n) is 2.83. The Labute approximate surface area is 170 Å². The van der Waals surface area contributed by atoms with Crippen LogP contribution in [0.1, 0.15) is 5.56 Å². The number of hydrogen-bond donors (Lipinski definition) is 0. The Kier molecular flexibility index (Phi) is 4.73. The summed E-state index contributed by atoms with van der Waals surface area (Å²) in [6.45, 7) is 0. The van der Waals surface area contributed by atoms with E-state index in [4.69, 9.17) is 16.3 Å². The van der Waals surface area contributed by atoms with Crippen LogP contribution in [0.4, 0.5) is 17.6 Å². The third-order valence-electron chi connectivity index (χ3n) is 4.26. The smallest absolute Gasteiger partial charge is 0.419 e. The quantitative estimate of drug-likeness (QED) is 0.434. The molecule has 0 atom stereocenters. The van der Waals surface area contributed by atoms with E-state index in [1.807, 2.05) is 0 Å². The summed E-state index contributed by atoms with van der Waals surface area (Å²) in [5.41, 5.74) is -1.77. The maximum Gasteiger partial charge on any atom is 0.419 e. The number of aromatic nitrogens is 4. The van der Waals surface area contributed by atoms with Crippen molar-refractivity contribution >= 4 is 22.8 Å². The summed E-state index contributed by atoms with van der Waals surface area (Å²) in [5.74, 6) is -2.35. The van der Waals surface area contributed by atoms with Gasteiger partial charge in [-0.05, 0) is 36.4 Å². The number of imidazole rings is 1. The molecule has 4 rings (SSSR count). The number of nitrogens with zero attached hydrogens (tertiary/aromatic N) is 4. The van der Waals surface area contributed by atoms with E-state index in [0.717, 1.165) is 16.7 Å². The van der Waals surface area contributed by atoms with Gasteiger partial charge in [0.1, 0.15) is 0 Å². The lowest BCUT2D eigenvalue weighted by Gasteiger charge is -2.15. The van der Waals surface area contributed by atoms with E-state index >= 15 is 0 Å². The number of aryl methyl sites for hydroxylation is 1. The summed E-state index contributed by atoms with van der Waals surface area (Å²) in [4.78, 5) is 21.2. The summed E-state index contributed by atoms with van der Waals surface area (Å²) in [6.07, 6.45) is -3.57. The van der Waals surface area contributed by atoms with Gasteiger partial charge in [-0.2, -0.15) is 18.2 Å². The van der Waals surface area contributed by atoms with E-state index in [0.29, 0.717) is 11.1 Å². The number of ether oxygens (including phenoxy) is 1. The molecule has 0 N–H and O–H groups in total. The largest absolute Gasteiger partial charge is 0.422 e. The van der Waals surface area contributed by atoms with Crippen LogP contribution < -0.4 is 10.3 Å². The zero-order valence-corrected chi connectivity index (χ0v) is 15.9. The molecule has 0 amide bonds. The predicted octanol–water partition coefficient (Wildman–Crippen LogP) is 4.72. The number of rotatable bonds is 3. The number of alkyl halides is 3. The van der Waals surface area contributed by atoms with Crippen LogP contribution in [0.3, 0.4) is 0 Å². The summed E-state index contributed by atoms with van der Waals surface area (Å²) < 4.78 is 61.4. The molecule has 0 aliphatic carbocycles. The van der Waals surface area contributed by atoms with Crippen molar-refractivity contribution in [1.82, 2.24) is 19.1 Å². The molecule has 0 fully saturated rings. The van der Waals surface area contributed by atoms with Crippen molar-refractivity contribution in [3.63, 3.8) is 0 Å². The van der Waals surface area contributed by atoms with E-state index in [1.165, 1.54) is 35.2 Å². The molecular formula is C19H11ClF4N4O2. The van der Waals surface area contributed by atoms with E-state index in [9.17, 15) is 22.4 Å². The van der Waals surface area contributed by atoms with Crippen molar-refractivity contribution in [1.29, 1.82) is 0 Å². The van der Waals surface area contributed by atoms with Gasteiger partial charge in [-0.15, -0.1) is 0 Å². The topological polar surface area (TPSA) is 61.9 Å². The first-order chi connectivity index (χ1) is 14.2. The predicted molar refractivity (Wildman–Crippen MR) is 101 cm³/mol. The number of fused-ring (bicyclic) bond motifs is 1. The second-order valence-corrected chi connectivity index (χ2v) is 6.69. The van der Waals surface area contributed by atoms with E-state index < -0.39 is 34.9 Å². The molecule has 0 saturated carbocycles. The highest BCUT2D eigenvalue weighted by Gasteiger charge is 2.35. The molecule has 11 heteroatoms. The zero-order valence-electron chi connectivity index (χ0n) is 15.1. The van der Waals surface area contributed by atoms with Crippen LogP contribution in [0, 0.1) is 5.82 Å². The first kappa shape index (κ1) is 19.9. The van der Waals surface area contributed by atoms with E-state index in [1.54, 1.807) is 7.05 Å². The molecule has 2 heterocycles. The van der Waals surface area contributed by atoms with Crippen molar-refractivity contribution < 1.29 is 22.3 Å². The van der Waals surface area contributed by atoms with Crippen LogP contribution in [0.2, 0.25) is 5.02 Å². The van der Waals surface area contributed by atoms with Gasteiger partial charge < -0.3 is 9.30 Å². The van der Waals surface area contributed by atoms with Gasteiger partial charge in [-0.1, -0.05) is 17.7 Å². The van der Waals surface area contributed by atoms with Gasteiger partial charge in [-0.3, -0.25) is 4.79 Å². The molecule has 4 aromatic rings. The molecule has 2 aromatic carbocycles. The molecule has 154 valence electrons. The molecule has 0 saturated heterocycles. The van der Waals surface area contributed by atoms with Crippen molar-refractivity contribution in [2.75, 3.05) is 0 Å². The van der Waals surface area contributed by atoms with Crippen LogP contribution in [-0.2, 0) is 13.2 Å². The highest BCUT2D eigenvalue weighted by molar-refractivity contribution is 6.30. The molecule has 2 aromatic heterocycles. The minimum atomic E-state index is -4.92. The first-order valence-electron chi connectivity index (χ1n) is 8.40. The average molecular weight is 439 g/mol. The maximum absolute atomic E-state index is 14.5. The summed E-state index contributed by atoms with van der Waals surface area (Å²) in [5, 5.41) is 0.394. The van der Waals surface area contributed by atoms with Crippen molar-refractivity contribution in [3.8, 4) is 17.4 Å². The van der Waals surface area contributed by atoms with Crippen LogP contribution in [0.5, 0.6) is 11.8 Å². The van der Waals surface area contributed by atoms with Gasteiger partial charge in [0.25, 0.3) is 5.56 Å². The van der Waals surface area contributed by atoms with Gasteiger partial charge in [0.15, 0.2) is 22.7 Å². The third-order valence-corrected chi connectivity index (χ3v) is 4.51. The monoisotopic (exact) mass is 438 g/mol. The fourth-order valence-corrected chi connectivity index (χ4v) is 2.96. The lowest BCUT2D eigenvalue weighted by molar-refractivity contribution is -0.140. The summed E-state index contributed by atoms with van der Waals surface area (Å²) in [7, 11) is 1.57. The molecule has 6 nitrogen and oxygen atoms in total. The summed E-state index contributed by atoms with van der Waals surface area (Å²) >= 11 is 5.88. The average Bonchev–Trinajstić information content (AvgIpc) is 3.05. The Morgan fingerprint density at radius 3 is 2.47 bits per heavy atom. The highest BCUT2D eigenvalue weighted by atomic mass is 35.5. The molecule has 30 heavy (non-hydrogen) atoms. The maximum atomic E-state index is 14.5. The second kappa shape index (κ2) is 7.13. The van der Waals surface area contributed by atoms with Crippen LogP contribution in [-0.4, -0.2) is 19.1 Å².